The van der Waals surface area contributed by atoms with Gasteiger partial charge in [0.2, 0.25) is 0 Å². The maximum Gasteiger partial charge on any atom is 0.322 e. The van der Waals surface area contributed by atoms with Crippen LogP contribution in [0.3, 0.4) is 0 Å². The van der Waals surface area contributed by atoms with E-state index >= 15 is 0 Å². The van der Waals surface area contributed by atoms with Crippen molar-refractivity contribution in [3.63, 3.8) is 0 Å². The number of nitrogens with zero attached hydrogens (tertiary/aromatic N) is 2. The first-order valence-electron chi connectivity index (χ1n) is 10.6. The number of amides is 2. The van der Waals surface area contributed by atoms with Crippen LogP contribution in [0.25, 0.3) is 5.69 Å². The van der Waals surface area contributed by atoms with Gasteiger partial charge in [0, 0.05) is 17.6 Å². The SMILES string of the molecule is Cc1ccc(NC(=O)N2Cc3ccccc3-n3cccc3[C@H]2c2ccccc2C)cc1. The number of anilines is 1. The van der Waals surface area contributed by atoms with Crippen molar-refractivity contribution in [1.82, 2.24) is 9.47 Å². The molecule has 1 aliphatic rings. The molecule has 0 unspecified atom stereocenters. The van der Waals surface area contributed by atoms with Gasteiger partial charge in [-0.1, -0.05) is 60.2 Å². The van der Waals surface area contributed by atoms with Gasteiger partial charge < -0.3 is 14.8 Å². The minimum absolute atomic E-state index is 0.110. The summed E-state index contributed by atoms with van der Waals surface area (Å²) in [6.07, 6.45) is 2.08. The lowest BCUT2D eigenvalue weighted by Crippen LogP contribution is -2.38. The normalized spacial score (nSPS) is 15.0. The number of aromatic nitrogens is 1. The van der Waals surface area contributed by atoms with Crippen molar-refractivity contribution in [3.8, 4) is 5.69 Å². The summed E-state index contributed by atoms with van der Waals surface area (Å²) < 4.78 is 2.21. The molecule has 4 heteroatoms. The molecule has 0 spiro atoms. The van der Waals surface area contributed by atoms with Crippen LogP contribution in [0.5, 0.6) is 0 Å². The Bertz CT molecular complexity index is 1240. The van der Waals surface area contributed by atoms with Crippen LogP contribution in [0, 0.1) is 13.8 Å². The molecule has 0 aliphatic carbocycles. The molecule has 1 aliphatic heterocycles. The number of aryl methyl sites for hydroxylation is 2. The first kappa shape index (κ1) is 19.2. The second-order valence-corrected chi connectivity index (χ2v) is 8.11. The summed E-state index contributed by atoms with van der Waals surface area (Å²) in [5, 5.41) is 3.12. The van der Waals surface area contributed by atoms with E-state index in [2.05, 4.69) is 59.4 Å². The van der Waals surface area contributed by atoms with Gasteiger partial charge in [0.15, 0.2) is 0 Å². The summed E-state index contributed by atoms with van der Waals surface area (Å²) in [5.74, 6) is 0. The third-order valence-corrected chi connectivity index (χ3v) is 6.01. The zero-order valence-corrected chi connectivity index (χ0v) is 17.7. The molecular weight excluding hydrogens is 382 g/mol. The largest absolute Gasteiger partial charge is 0.322 e. The lowest BCUT2D eigenvalue weighted by atomic mass is 9.97. The Hall–Kier alpha value is -3.79. The van der Waals surface area contributed by atoms with Crippen LogP contribution < -0.4 is 5.32 Å². The maximum atomic E-state index is 13.6. The molecule has 0 saturated heterocycles. The van der Waals surface area contributed by atoms with Crippen molar-refractivity contribution in [2.45, 2.75) is 26.4 Å². The van der Waals surface area contributed by atoms with E-state index in [4.69, 9.17) is 0 Å². The van der Waals surface area contributed by atoms with Crippen LogP contribution in [0.4, 0.5) is 10.5 Å². The van der Waals surface area contributed by atoms with Crippen molar-refractivity contribution in [3.05, 3.63) is 119 Å². The molecule has 1 aromatic heterocycles. The summed E-state index contributed by atoms with van der Waals surface area (Å²) >= 11 is 0. The van der Waals surface area contributed by atoms with E-state index in [1.807, 2.05) is 60.4 Å². The monoisotopic (exact) mass is 407 g/mol. The van der Waals surface area contributed by atoms with Gasteiger partial charge in [-0.15, -0.1) is 0 Å². The minimum atomic E-state index is -0.200. The van der Waals surface area contributed by atoms with Crippen molar-refractivity contribution in [2.24, 2.45) is 0 Å². The van der Waals surface area contributed by atoms with Gasteiger partial charge in [0.1, 0.15) is 6.04 Å². The van der Waals surface area contributed by atoms with Crippen LogP contribution >= 0.6 is 0 Å². The summed E-state index contributed by atoms with van der Waals surface area (Å²) in [6, 6.07) is 28.4. The molecule has 0 saturated carbocycles. The van der Waals surface area contributed by atoms with E-state index in [9.17, 15) is 4.79 Å². The Morgan fingerprint density at radius 1 is 0.871 bits per heavy atom. The Kier molecular flexibility index (Phi) is 4.83. The number of urea groups is 1. The number of para-hydroxylation sites is 1. The first-order chi connectivity index (χ1) is 15.1. The number of hydrogen-bond donors (Lipinski definition) is 1. The highest BCUT2D eigenvalue weighted by Gasteiger charge is 2.33. The van der Waals surface area contributed by atoms with E-state index in [-0.39, 0.29) is 12.1 Å². The van der Waals surface area contributed by atoms with Crippen molar-refractivity contribution in [1.29, 1.82) is 0 Å². The summed E-state index contributed by atoms with van der Waals surface area (Å²) in [7, 11) is 0. The quantitative estimate of drug-likeness (QED) is 0.420. The molecule has 1 atom stereocenters. The molecule has 154 valence electrons. The third kappa shape index (κ3) is 3.50. The van der Waals surface area contributed by atoms with Gasteiger partial charge in [0.25, 0.3) is 0 Å². The molecule has 4 nitrogen and oxygen atoms in total. The van der Waals surface area contributed by atoms with Crippen LogP contribution in [-0.2, 0) is 6.54 Å². The average molecular weight is 408 g/mol. The molecule has 1 N–H and O–H groups in total. The second-order valence-electron chi connectivity index (χ2n) is 8.11. The third-order valence-electron chi connectivity index (χ3n) is 6.01. The fraction of sp³-hybridized carbons (Fsp3) is 0.148. The topological polar surface area (TPSA) is 37.3 Å². The fourth-order valence-electron chi connectivity index (χ4n) is 4.39. The van der Waals surface area contributed by atoms with E-state index in [1.165, 1.54) is 5.56 Å². The van der Waals surface area contributed by atoms with Crippen LogP contribution in [-0.4, -0.2) is 15.5 Å². The van der Waals surface area contributed by atoms with Crippen molar-refractivity contribution >= 4 is 11.7 Å². The predicted molar refractivity (Wildman–Crippen MR) is 125 cm³/mol. The fourth-order valence-corrected chi connectivity index (χ4v) is 4.39. The molecule has 31 heavy (non-hydrogen) atoms. The molecule has 3 aromatic carbocycles. The zero-order valence-electron chi connectivity index (χ0n) is 17.7. The molecule has 2 heterocycles. The number of benzene rings is 3. The lowest BCUT2D eigenvalue weighted by molar-refractivity contribution is 0.194. The lowest BCUT2D eigenvalue weighted by Gasteiger charge is -2.32. The molecule has 0 fully saturated rings. The van der Waals surface area contributed by atoms with Crippen molar-refractivity contribution in [2.75, 3.05) is 5.32 Å². The highest BCUT2D eigenvalue weighted by Crippen LogP contribution is 2.38. The maximum absolute atomic E-state index is 13.6. The van der Waals surface area contributed by atoms with E-state index in [0.29, 0.717) is 6.54 Å². The second kappa shape index (κ2) is 7.80. The Morgan fingerprint density at radius 3 is 2.42 bits per heavy atom. The summed E-state index contributed by atoms with van der Waals surface area (Å²) in [4.78, 5) is 15.6. The average Bonchev–Trinajstić information content (AvgIpc) is 3.21. The van der Waals surface area contributed by atoms with Gasteiger partial charge >= 0.3 is 6.03 Å². The van der Waals surface area contributed by atoms with Gasteiger partial charge in [-0.05, 0) is 60.9 Å². The predicted octanol–water partition coefficient (Wildman–Crippen LogP) is 6.23. The number of fused-ring (bicyclic) bond motifs is 3. The number of nitrogens with one attached hydrogen (secondary N) is 1. The number of hydrogen-bond acceptors (Lipinski definition) is 1. The summed E-state index contributed by atoms with van der Waals surface area (Å²) in [6.45, 7) is 4.67. The molecular formula is C27H25N3O. The van der Waals surface area contributed by atoms with Crippen LogP contribution in [0.2, 0.25) is 0 Å². The molecule has 5 rings (SSSR count). The van der Waals surface area contributed by atoms with Gasteiger partial charge in [0.05, 0.1) is 12.2 Å². The zero-order chi connectivity index (χ0) is 21.4. The molecule has 2 amide bonds. The van der Waals surface area contributed by atoms with Gasteiger partial charge in [-0.2, -0.15) is 0 Å². The highest BCUT2D eigenvalue weighted by atomic mass is 16.2. The Balaban J connectivity index is 1.64. The first-order valence-corrected chi connectivity index (χ1v) is 10.6. The molecule has 0 radical (unpaired) electrons. The molecule has 4 aromatic rings. The Labute approximate surface area is 182 Å². The Morgan fingerprint density at radius 2 is 1.61 bits per heavy atom. The van der Waals surface area contributed by atoms with E-state index in [0.717, 1.165) is 33.8 Å². The van der Waals surface area contributed by atoms with Crippen LogP contribution in [0.15, 0.2) is 91.1 Å². The molecule has 0 bridgehead atoms. The van der Waals surface area contributed by atoms with E-state index in [1.54, 1.807) is 0 Å². The minimum Gasteiger partial charge on any atom is -0.318 e. The van der Waals surface area contributed by atoms with Crippen LogP contribution in [0.1, 0.15) is 34.0 Å². The smallest absolute Gasteiger partial charge is 0.318 e. The number of carbonyl (C=O) groups excluding carboxylic acids is 1. The highest BCUT2D eigenvalue weighted by molar-refractivity contribution is 5.90. The number of rotatable bonds is 2. The van der Waals surface area contributed by atoms with Gasteiger partial charge in [-0.3, -0.25) is 0 Å². The number of carbonyl (C=O) groups is 1. The van der Waals surface area contributed by atoms with Gasteiger partial charge in [-0.25, -0.2) is 4.79 Å². The standard InChI is InChI=1S/C27H25N3O/c1-19-13-15-22(16-14-19)28-27(31)30-18-21-9-4-6-11-24(21)29-17-7-12-25(29)26(30)23-10-5-3-8-20(23)2/h3-17,26H,18H2,1-2H3,(H,28,31)/t26-/m1/s1. The van der Waals surface area contributed by atoms with Crippen molar-refractivity contribution < 1.29 is 4.79 Å². The van der Waals surface area contributed by atoms with E-state index < -0.39 is 0 Å². The summed E-state index contributed by atoms with van der Waals surface area (Å²) in [5.41, 5.74) is 7.58.